The molecule has 3 aliphatic rings. The zero-order valence-electron chi connectivity index (χ0n) is 16.2. The van der Waals surface area contributed by atoms with E-state index >= 15 is 0 Å². The number of halogens is 3. The number of carbonyl (C=O) groups is 2. The molecule has 12 heteroatoms. The lowest BCUT2D eigenvalue weighted by Gasteiger charge is -2.55. The Kier molecular flexibility index (Phi) is 5.86. The maximum absolute atomic E-state index is 12.3. The molecule has 29 heavy (non-hydrogen) atoms. The average Bonchev–Trinajstić information content (AvgIpc) is 3.39. The van der Waals surface area contributed by atoms with Gasteiger partial charge in [0.2, 0.25) is 5.91 Å². The van der Waals surface area contributed by atoms with E-state index in [0.717, 1.165) is 50.7 Å². The van der Waals surface area contributed by atoms with Crippen LogP contribution in [0.4, 0.5) is 13.2 Å². The fraction of sp³-hybridized carbons (Fsp3) is 0.765. The molecule has 1 saturated carbocycles. The van der Waals surface area contributed by atoms with Crippen LogP contribution in [-0.4, -0.2) is 86.5 Å². The van der Waals surface area contributed by atoms with Crippen molar-refractivity contribution >= 4 is 11.9 Å². The number of aliphatic carboxylic acids is 1. The molecule has 0 radical (unpaired) electrons. The number of nitrogens with one attached hydrogen (secondary N) is 1. The summed E-state index contributed by atoms with van der Waals surface area (Å²) in [5.41, 5.74) is -0.178. The van der Waals surface area contributed by atoms with Crippen molar-refractivity contribution < 1.29 is 32.6 Å². The Morgan fingerprint density at radius 2 is 1.93 bits per heavy atom. The standard InChI is InChI=1S/C15H23N5O2.C2HF3O2/c1-10(13-16-11(2)17-18-13)20-8-15(9-20)7-19(5-6-22-15)14(21)12-3-4-12;3-2(4,5)1(6)7/h10,12H,3-9H2,1-2H3,(H,16,17,18);(H,6,7). The third-order valence-corrected chi connectivity index (χ3v) is 5.25. The van der Waals surface area contributed by atoms with Crippen LogP contribution in [0, 0.1) is 12.8 Å². The molecule has 1 aromatic heterocycles. The van der Waals surface area contributed by atoms with Gasteiger partial charge in [-0.2, -0.15) is 18.3 Å². The van der Waals surface area contributed by atoms with Crippen molar-refractivity contribution in [1.29, 1.82) is 0 Å². The molecule has 1 aromatic rings. The number of ether oxygens (including phenoxy) is 1. The molecule has 9 nitrogen and oxygen atoms in total. The van der Waals surface area contributed by atoms with Crippen LogP contribution in [0.5, 0.6) is 0 Å². The summed E-state index contributed by atoms with van der Waals surface area (Å²) in [5.74, 6) is -0.464. The second kappa shape index (κ2) is 7.90. The van der Waals surface area contributed by atoms with Gasteiger partial charge in [0.05, 0.1) is 19.2 Å². The summed E-state index contributed by atoms with van der Waals surface area (Å²) in [6, 6.07) is 0.175. The van der Waals surface area contributed by atoms with E-state index in [4.69, 9.17) is 14.6 Å². The number of hydrogen-bond donors (Lipinski definition) is 2. The molecule has 1 unspecified atom stereocenters. The highest BCUT2D eigenvalue weighted by Crippen LogP contribution is 2.37. The predicted molar refractivity (Wildman–Crippen MR) is 92.8 cm³/mol. The van der Waals surface area contributed by atoms with Crippen LogP contribution in [-0.2, 0) is 14.3 Å². The number of aryl methyl sites for hydroxylation is 1. The van der Waals surface area contributed by atoms with Gasteiger partial charge in [0.25, 0.3) is 0 Å². The van der Waals surface area contributed by atoms with Gasteiger partial charge < -0.3 is 14.7 Å². The molecular formula is C17H24F3N5O4. The Balaban J connectivity index is 0.000000298. The number of hydrogen-bond acceptors (Lipinski definition) is 6. The number of aromatic nitrogens is 3. The lowest BCUT2D eigenvalue weighted by Crippen LogP contribution is -2.70. The van der Waals surface area contributed by atoms with Gasteiger partial charge in [0, 0.05) is 25.6 Å². The summed E-state index contributed by atoms with van der Waals surface area (Å²) in [5, 5.41) is 14.3. The minimum Gasteiger partial charge on any atom is -0.475 e. The van der Waals surface area contributed by atoms with Crippen LogP contribution in [0.1, 0.15) is 37.5 Å². The van der Waals surface area contributed by atoms with Gasteiger partial charge in [-0.25, -0.2) is 9.78 Å². The summed E-state index contributed by atoms with van der Waals surface area (Å²) in [6.45, 7) is 7.84. The molecular weight excluding hydrogens is 395 g/mol. The highest BCUT2D eigenvalue weighted by molar-refractivity contribution is 5.81. The SMILES string of the molecule is Cc1nc(C(C)N2CC3(CN(C(=O)C4CC4)CCO3)C2)n[nH]1.O=C(O)C(F)(F)F. The second-order valence-electron chi connectivity index (χ2n) is 7.73. The molecule has 3 heterocycles. The maximum Gasteiger partial charge on any atom is 0.490 e. The van der Waals surface area contributed by atoms with Crippen LogP contribution < -0.4 is 0 Å². The maximum atomic E-state index is 12.3. The van der Waals surface area contributed by atoms with Gasteiger partial charge in [-0.15, -0.1) is 0 Å². The smallest absolute Gasteiger partial charge is 0.475 e. The molecule has 1 amide bonds. The zero-order chi connectivity index (χ0) is 21.4. The number of carboxylic acid groups (broad SMARTS) is 1. The molecule has 3 fully saturated rings. The topological polar surface area (TPSA) is 112 Å². The number of rotatable bonds is 3. The highest BCUT2D eigenvalue weighted by Gasteiger charge is 2.51. The first kappa shape index (κ1) is 21.5. The zero-order valence-corrected chi connectivity index (χ0v) is 16.2. The summed E-state index contributed by atoms with van der Waals surface area (Å²) in [6.07, 6.45) is -2.95. The Labute approximate surface area is 165 Å². The van der Waals surface area contributed by atoms with Crippen molar-refractivity contribution in [3.05, 3.63) is 11.6 Å². The molecule has 0 aromatic carbocycles. The van der Waals surface area contributed by atoms with E-state index in [1.54, 1.807) is 0 Å². The Bertz CT molecular complexity index is 758. The first-order valence-corrected chi connectivity index (χ1v) is 9.36. The number of aromatic amines is 1. The minimum atomic E-state index is -5.08. The third kappa shape index (κ3) is 5.04. The first-order valence-electron chi connectivity index (χ1n) is 9.36. The quantitative estimate of drug-likeness (QED) is 0.755. The first-order chi connectivity index (χ1) is 13.5. The molecule has 1 aliphatic carbocycles. The molecule has 0 bridgehead atoms. The monoisotopic (exact) mass is 419 g/mol. The lowest BCUT2D eigenvalue weighted by molar-refractivity contribution is -0.196. The second-order valence-corrected chi connectivity index (χ2v) is 7.73. The van der Waals surface area contributed by atoms with Crippen LogP contribution >= 0.6 is 0 Å². The van der Waals surface area contributed by atoms with Gasteiger partial charge in [0.1, 0.15) is 11.4 Å². The number of carbonyl (C=O) groups excluding carboxylic acids is 1. The van der Waals surface area contributed by atoms with Crippen LogP contribution in [0.2, 0.25) is 0 Å². The number of nitrogens with zero attached hydrogens (tertiary/aromatic N) is 4. The van der Waals surface area contributed by atoms with E-state index in [1.807, 2.05) is 11.8 Å². The summed E-state index contributed by atoms with van der Waals surface area (Å²) >= 11 is 0. The number of H-pyrrole nitrogens is 1. The highest BCUT2D eigenvalue weighted by atomic mass is 19.4. The number of alkyl halides is 3. The minimum absolute atomic E-state index is 0.175. The third-order valence-electron chi connectivity index (χ3n) is 5.25. The normalized spacial score (nSPS) is 22.4. The van der Waals surface area contributed by atoms with Crippen molar-refractivity contribution in [2.75, 3.05) is 32.8 Å². The van der Waals surface area contributed by atoms with E-state index in [-0.39, 0.29) is 11.6 Å². The number of amides is 1. The van der Waals surface area contributed by atoms with Gasteiger partial charge in [-0.3, -0.25) is 14.8 Å². The summed E-state index contributed by atoms with van der Waals surface area (Å²) in [7, 11) is 0. The molecule has 1 spiro atoms. The molecule has 2 saturated heterocycles. The lowest BCUT2D eigenvalue weighted by atomic mass is 9.90. The Morgan fingerprint density at radius 3 is 2.41 bits per heavy atom. The fourth-order valence-electron chi connectivity index (χ4n) is 3.49. The van der Waals surface area contributed by atoms with E-state index in [0.29, 0.717) is 18.4 Å². The Morgan fingerprint density at radius 1 is 1.31 bits per heavy atom. The average molecular weight is 419 g/mol. The molecule has 2 aliphatic heterocycles. The van der Waals surface area contributed by atoms with E-state index in [9.17, 15) is 18.0 Å². The summed E-state index contributed by atoms with van der Waals surface area (Å²) < 4.78 is 37.8. The van der Waals surface area contributed by atoms with Crippen molar-refractivity contribution in [3.8, 4) is 0 Å². The Hall–Kier alpha value is -2.21. The van der Waals surface area contributed by atoms with Crippen LogP contribution in [0.3, 0.4) is 0 Å². The molecule has 162 valence electrons. The molecule has 2 N–H and O–H groups in total. The van der Waals surface area contributed by atoms with Crippen molar-refractivity contribution in [1.82, 2.24) is 25.0 Å². The molecule has 1 atom stereocenters. The van der Waals surface area contributed by atoms with E-state index in [2.05, 4.69) is 27.0 Å². The molecule has 4 rings (SSSR count). The van der Waals surface area contributed by atoms with Gasteiger partial charge >= 0.3 is 12.1 Å². The summed E-state index contributed by atoms with van der Waals surface area (Å²) in [4.78, 5) is 29.9. The van der Waals surface area contributed by atoms with E-state index in [1.165, 1.54) is 0 Å². The van der Waals surface area contributed by atoms with Crippen molar-refractivity contribution in [2.24, 2.45) is 5.92 Å². The van der Waals surface area contributed by atoms with E-state index < -0.39 is 12.1 Å². The van der Waals surface area contributed by atoms with Crippen molar-refractivity contribution in [2.45, 2.75) is 44.5 Å². The van der Waals surface area contributed by atoms with Crippen LogP contribution in [0.25, 0.3) is 0 Å². The van der Waals surface area contributed by atoms with Gasteiger partial charge in [-0.1, -0.05) is 0 Å². The fourth-order valence-corrected chi connectivity index (χ4v) is 3.49. The predicted octanol–water partition coefficient (Wildman–Crippen LogP) is 1.13. The van der Waals surface area contributed by atoms with Crippen molar-refractivity contribution in [3.63, 3.8) is 0 Å². The number of likely N-dealkylation sites (tertiary alicyclic amines) is 1. The van der Waals surface area contributed by atoms with Crippen LogP contribution in [0.15, 0.2) is 0 Å². The van der Waals surface area contributed by atoms with Gasteiger partial charge in [-0.05, 0) is 26.7 Å². The largest absolute Gasteiger partial charge is 0.490 e. The van der Waals surface area contributed by atoms with Gasteiger partial charge in [0.15, 0.2) is 5.82 Å². The number of morpholine rings is 1. The number of carboxylic acids is 1.